The van der Waals surface area contributed by atoms with Crippen molar-refractivity contribution in [2.45, 2.75) is 6.92 Å². The quantitative estimate of drug-likeness (QED) is 0.504. The number of benzene rings is 1. The van der Waals surface area contributed by atoms with E-state index in [1.165, 1.54) is 42.9 Å². The van der Waals surface area contributed by atoms with Gasteiger partial charge in [-0.25, -0.2) is 23.5 Å². The molecule has 0 saturated carbocycles. The van der Waals surface area contributed by atoms with Gasteiger partial charge in [0.15, 0.2) is 0 Å². The Labute approximate surface area is 159 Å². The molecule has 0 aliphatic carbocycles. The number of H-pyrrole nitrogens is 1. The Bertz CT molecular complexity index is 1240. The number of halogens is 1. The number of pyridine rings is 1. The Morgan fingerprint density at radius 3 is 2.64 bits per heavy atom. The lowest BCUT2D eigenvalue weighted by Crippen LogP contribution is -2.40. The first-order chi connectivity index (χ1) is 13.3. The third-order valence-corrected chi connectivity index (χ3v) is 4.50. The van der Waals surface area contributed by atoms with E-state index in [9.17, 15) is 18.8 Å². The maximum atomic E-state index is 13.9. The van der Waals surface area contributed by atoms with Crippen LogP contribution in [0, 0.1) is 12.7 Å². The number of nitrogens with zero attached hydrogens (tertiary/aromatic N) is 2. The molecular formula is C20H19FN3O4+. The van der Waals surface area contributed by atoms with E-state index in [2.05, 4.69) is 11.6 Å². The molecule has 0 atom stereocenters. The zero-order valence-corrected chi connectivity index (χ0v) is 15.7. The number of carbonyl (C=O) groups is 1. The van der Waals surface area contributed by atoms with E-state index in [4.69, 9.17) is 4.74 Å². The molecule has 7 nitrogen and oxygen atoms in total. The summed E-state index contributed by atoms with van der Waals surface area (Å²) in [7, 11) is 2.85. The highest BCUT2D eigenvalue weighted by molar-refractivity contribution is 6.05. The van der Waals surface area contributed by atoms with E-state index < -0.39 is 23.0 Å². The molecule has 2 aromatic heterocycles. The molecule has 28 heavy (non-hydrogen) atoms. The standard InChI is InChI=1S/C20H18FN3O4/c1-5-9-28-19(26)14-11(2)22-17-16(18(25)24(4)20(27)23(17)3)15(14)12-7-6-8-13(21)10-12/h5-8,10H,1,9H2,2-4H3/p+1. The van der Waals surface area contributed by atoms with Crippen molar-refractivity contribution in [2.75, 3.05) is 6.61 Å². The van der Waals surface area contributed by atoms with Crippen LogP contribution in [0.3, 0.4) is 0 Å². The second kappa shape index (κ2) is 7.22. The number of aromatic nitrogens is 3. The molecule has 3 aromatic rings. The maximum absolute atomic E-state index is 13.9. The summed E-state index contributed by atoms with van der Waals surface area (Å²) in [5, 5.41) is 0.0892. The minimum absolute atomic E-state index is 0.0236. The van der Waals surface area contributed by atoms with Gasteiger partial charge in [0.2, 0.25) is 0 Å². The molecule has 0 amide bonds. The predicted molar refractivity (Wildman–Crippen MR) is 102 cm³/mol. The van der Waals surface area contributed by atoms with Crippen molar-refractivity contribution < 1.29 is 18.9 Å². The van der Waals surface area contributed by atoms with Gasteiger partial charge in [0.05, 0.1) is 7.05 Å². The molecule has 1 aromatic carbocycles. The SMILES string of the molecule is C=CCOC(=O)c1c(C)[nH+]c2c(c1-c1cccc(F)c1)c(=O)n(C)c(=O)n2C. The van der Waals surface area contributed by atoms with Crippen LogP contribution in [-0.4, -0.2) is 21.7 Å². The van der Waals surface area contributed by atoms with Crippen LogP contribution in [0.15, 0.2) is 46.5 Å². The van der Waals surface area contributed by atoms with Gasteiger partial charge in [-0.05, 0) is 24.6 Å². The lowest BCUT2D eigenvalue weighted by Gasteiger charge is -2.13. The number of hydrogen-bond acceptors (Lipinski definition) is 4. The van der Waals surface area contributed by atoms with E-state index in [1.54, 1.807) is 13.0 Å². The highest BCUT2D eigenvalue weighted by atomic mass is 19.1. The number of fused-ring (bicyclic) bond motifs is 1. The predicted octanol–water partition coefficient (Wildman–Crippen LogP) is 1.51. The molecule has 0 aliphatic rings. The number of ether oxygens (including phenoxy) is 1. The van der Waals surface area contributed by atoms with Gasteiger partial charge in [-0.1, -0.05) is 24.8 Å². The molecule has 0 saturated heterocycles. The number of aryl methyl sites for hydroxylation is 2. The number of aromatic amines is 1. The second-order valence-corrected chi connectivity index (χ2v) is 6.33. The van der Waals surface area contributed by atoms with Crippen LogP contribution >= 0.6 is 0 Å². The zero-order chi connectivity index (χ0) is 20.6. The van der Waals surface area contributed by atoms with E-state index in [0.29, 0.717) is 11.3 Å². The van der Waals surface area contributed by atoms with Crippen LogP contribution in [0.25, 0.3) is 22.2 Å². The van der Waals surface area contributed by atoms with Crippen molar-refractivity contribution in [3.8, 4) is 11.1 Å². The fraction of sp³-hybridized carbons (Fsp3) is 0.200. The second-order valence-electron chi connectivity index (χ2n) is 6.33. The molecule has 0 unspecified atom stereocenters. The van der Waals surface area contributed by atoms with Gasteiger partial charge < -0.3 is 4.74 Å². The van der Waals surface area contributed by atoms with E-state index in [1.807, 2.05) is 0 Å². The molecule has 144 valence electrons. The van der Waals surface area contributed by atoms with Gasteiger partial charge in [-0.15, -0.1) is 0 Å². The van der Waals surface area contributed by atoms with Crippen molar-refractivity contribution in [1.82, 2.24) is 9.13 Å². The Hall–Kier alpha value is -3.55. The average molecular weight is 384 g/mol. The van der Waals surface area contributed by atoms with E-state index in [-0.39, 0.29) is 28.8 Å². The summed E-state index contributed by atoms with van der Waals surface area (Å²) >= 11 is 0. The molecule has 2 heterocycles. The summed E-state index contributed by atoms with van der Waals surface area (Å²) in [5.41, 5.74) is 0.0935. The van der Waals surface area contributed by atoms with Crippen molar-refractivity contribution in [3.63, 3.8) is 0 Å². The fourth-order valence-electron chi connectivity index (χ4n) is 3.16. The van der Waals surface area contributed by atoms with Crippen LogP contribution in [0.2, 0.25) is 0 Å². The average Bonchev–Trinajstić information content (AvgIpc) is 2.67. The van der Waals surface area contributed by atoms with Crippen LogP contribution in [0.5, 0.6) is 0 Å². The molecule has 0 spiro atoms. The first kappa shape index (κ1) is 19.2. The van der Waals surface area contributed by atoms with Crippen LogP contribution in [0.4, 0.5) is 4.39 Å². The molecule has 0 radical (unpaired) electrons. The van der Waals surface area contributed by atoms with Crippen molar-refractivity contribution in [2.24, 2.45) is 14.1 Å². The first-order valence-corrected chi connectivity index (χ1v) is 8.47. The summed E-state index contributed by atoms with van der Waals surface area (Å²) < 4.78 is 21.3. The monoisotopic (exact) mass is 384 g/mol. The van der Waals surface area contributed by atoms with Crippen molar-refractivity contribution in [1.29, 1.82) is 0 Å². The fourth-order valence-corrected chi connectivity index (χ4v) is 3.16. The minimum Gasteiger partial charge on any atom is -0.458 e. The molecular weight excluding hydrogens is 365 g/mol. The summed E-state index contributed by atoms with van der Waals surface area (Å²) in [4.78, 5) is 40.9. The lowest BCUT2D eigenvalue weighted by atomic mass is 9.95. The normalized spacial score (nSPS) is 10.9. The van der Waals surface area contributed by atoms with Crippen molar-refractivity contribution in [3.05, 3.63) is 74.8 Å². The van der Waals surface area contributed by atoms with Crippen LogP contribution < -0.4 is 16.2 Å². The molecule has 3 rings (SSSR count). The number of carbonyl (C=O) groups excluding carboxylic acids is 1. The Morgan fingerprint density at radius 1 is 1.29 bits per heavy atom. The van der Waals surface area contributed by atoms with E-state index >= 15 is 0 Å². The van der Waals surface area contributed by atoms with Gasteiger partial charge in [-0.2, -0.15) is 4.57 Å². The lowest BCUT2D eigenvalue weighted by molar-refractivity contribution is -0.359. The summed E-state index contributed by atoms with van der Waals surface area (Å²) in [6.07, 6.45) is 1.42. The third kappa shape index (κ3) is 3.02. The summed E-state index contributed by atoms with van der Waals surface area (Å²) in [5.74, 6) is -1.21. The van der Waals surface area contributed by atoms with Crippen molar-refractivity contribution >= 4 is 17.0 Å². The molecule has 0 bridgehead atoms. The highest BCUT2D eigenvalue weighted by Crippen LogP contribution is 2.30. The minimum atomic E-state index is -0.689. The third-order valence-electron chi connectivity index (χ3n) is 4.50. The van der Waals surface area contributed by atoms with Crippen LogP contribution in [0.1, 0.15) is 16.1 Å². The summed E-state index contributed by atoms with van der Waals surface area (Å²) in [6, 6.07) is 5.56. The highest BCUT2D eigenvalue weighted by Gasteiger charge is 2.28. The van der Waals surface area contributed by atoms with Crippen LogP contribution in [-0.2, 0) is 18.8 Å². The molecule has 8 heteroatoms. The Balaban J connectivity index is 2.56. The largest absolute Gasteiger partial charge is 0.458 e. The number of nitrogens with one attached hydrogen (secondary N) is 1. The number of hydrogen-bond donors (Lipinski definition) is 0. The zero-order valence-electron chi connectivity index (χ0n) is 15.7. The smallest absolute Gasteiger partial charge is 0.417 e. The van der Waals surface area contributed by atoms with Gasteiger partial charge >= 0.3 is 11.7 Å². The Kier molecular flexibility index (Phi) is 4.96. The topological polar surface area (TPSA) is 84.4 Å². The molecule has 1 N–H and O–H groups in total. The van der Waals surface area contributed by atoms with Gasteiger partial charge in [-0.3, -0.25) is 4.79 Å². The van der Waals surface area contributed by atoms with Gasteiger partial charge in [0.25, 0.3) is 11.2 Å². The summed E-state index contributed by atoms with van der Waals surface area (Å²) in [6.45, 7) is 5.11. The first-order valence-electron chi connectivity index (χ1n) is 8.47. The van der Waals surface area contributed by atoms with Gasteiger partial charge in [0, 0.05) is 12.6 Å². The molecule has 0 fully saturated rings. The molecule has 0 aliphatic heterocycles. The maximum Gasteiger partial charge on any atom is 0.417 e. The van der Waals surface area contributed by atoms with Gasteiger partial charge in [0.1, 0.15) is 29.1 Å². The number of esters is 1. The Morgan fingerprint density at radius 2 is 2.00 bits per heavy atom. The number of rotatable bonds is 4. The van der Waals surface area contributed by atoms with E-state index in [0.717, 1.165) is 4.57 Å².